The minimum Gasteiger partial charge on any atom is -0.459 e. The summed E-state index contributed by atoms with van der Waals surface area (Å²) in [6, 6.07) is 19.1. The van der Waals surface area contributed by atoms with E-state index in [0.29, 0.717) is 17.2 Å². The van der Waals surface area contributed by atoms with Crippen LogP contribution in [0.2, 0.25) is 0 Å². The molecular weight excluding hydrogens is 420 g/mol. The van der Waals surface area contributed by atoms with Crippen molar-refractivity contribution < 1.29 is 19.1 Å². The van der Waals surface area contributed by atoms with Gasteiger partial charge in [-0.3, -0.25) is 9.59 Å². The summed E-state index contributed by atoms with van der Waals surface area (Å²) in [7, 11) is 0. The van der Waals surface area contributed by atoms with E-state index in [-0.39, 0.29) is 24.1 Å². The highest BCUT2D eigenvalue weighted by molar-refractivity contribution is 8.15. The Morgan fingerprint density at radius 2 is 1.67 bits per heavy atom. The summed E-state index contributed by atoms with van der Waals surface area (Å²) in [5, 5.41) is 5.38. The molecule has 0 saturated carbocycles. The number of carbonyl (C=O) groups is 3. The summed E-state index contributed by atoms with van der Waals surface area (Å²) < 4.78 is 5.45. The van der Waals surface area contributed by atoms with Gasteiger partial charge in [0.05, 0.1) is 0 Å². The van der Waals surface area contributed by atoms with Crippen molar-refractivity contribution in [3.05, 3.63) is 71.8 Å². The Morgan fingerprint density at radius 3 is 2.30 bits per heavy atom. The largest absolute Gasteiger partial charge is 0.459 e. The first kappa shape index (κ1) is 22.1. The van der Waals surface area contributed by atoms with E-state index in [9.17, 15) is 14.4 Å². The third-order valence-electron chi connectivity index (χ3n) is 4.19. The lowest BCUT2D eigenvalue weighted by Gasteiger charge is -2.19. The summed E-state index contributed by atoms with van der Waals surface area (Å²) in [4.78, 5) is 36.6. The minimum absolute atomic E-state index is 0.0503. The smallest absolute Gasteiger partial charge is 0.342 e. The summed E-state index contributed by atoms with van der Waals surface area (Å²) >= 11 is 2.31. The second-order valence-corrected chi connectivity index (χ2v) is 8.97. The average Bonchev–Trinajstić information content (AvgIpc) is 3.17. The quantitative estimate of drug-likeness (QED) is 0.578. The maximum atomic E-state index is 12.7. The number of nitrogens with zero attached hydrogens (tertiary/aromatic N) is 2. The molecule has 6 nitrogen and oxygen atoms in total. The fourth-order valence-corrected chi connectivity index (χ4v) is 4.39. The Hall–Kier alpha value is -2.58. The van der Waals surface area contributed by atoms with Gasteiger partial charge < -0.3 is 4.74 Å². The van der Waals surface area contributed by atoms with Gasteiger partial charge in [0.15, 0.2) is 5.12 Å². The van der Waals surface area contributed by atoms with Gasteiger partial charge in [0.2, 0.25) is 11.3 Å². The molecular formula is C22H22N2O4S2. The summed E-state index contributed by atoms with van der Waals surface area (Å²) in [5.74, 6) is -0.464. The van der Waals surface area contributed by atoms with Crippen molar-refractivity contribution >= 4 is 45.6 Å². The number of amides is 1. The van der Waals surface area contributed by atoms with E-state index < -0.39 is 11.3 Å². The van der Waals surface area contributed by atoms with E-state index in [1.807, 2.05) is 60.7 Å². The zero-order valence-corrected chi connectivity index (χ0v) is 18.2. The van der Waals surface area contributed by atoms with Gasteiger partial charge >= 0.3 is 5.97 Å². The number of rotatable bonds is 8. The molecule has 1 atom stereocenters. The van der Waals surface area contributed by atoms with Crippen LogP contribution in [0, 0.1) is 0 Å². The maximum absolute atomic E-state index is 12.7. The molecule has 2 aromatic carbocycles. The van der Waals surface area contributed by atoms with Crippen molar-refractivity contribution in [2.45, 2.75) is 31.7 Å². The SMILES string of the molecule is CC(=O)SCCC(=O)N1N=C(Cc2ccccc2)SC1C(=O)OCc1ccccc1. The van der Waals surface area contributed by atoms with Crippen LogP contribution in [0.4, 0.5) is 0 Å². The Labute approximate surface area is 184 Å². The van der Waals surface area contributed by atoms with E-state index in [4.69, 9.17) is 4.74 Å². The number of benzene rings is 2. The molecule has 0 saturated heterocycles. The predicted molar refractivity (Wildman–Crippen MR) is 120 cm³/mol. The second-order valence-electron chi connectivity index (χ2n) is 6.55. The first-order valence-electron chi connectivity index (χ1n) is 9.47. The molecule has 0 bridgehead atoms. The third kappa shape index (κ3) is 6.47. The first-order chi connectivity index (χ1) is 14.5. The summed E-state index contributed by atoms with van der Waals surface area (Å²) in [5.41, 5.74) is 1.91. The van der Waals surface area contributed by atoms with Gasteiger partial charge in [0.25, 0.3) is 0 Å². The van der Waals surface area contributed by atoms with Crippen LogP contribution in [0.15, 0.2) is 65.8 Å². The van der Waals surface area contributed by atoms with Crippen LogP contribution < -0.4 is 0 Å². The molecule has 3 rings (SSSR count). The molecule has 30 heavy (non-hydrogen) atoms. The highest BCUT2D eigenvalue weighted by atomic mass is 32.2. The van der Waals surface area contributed by atoms with E-state index in [2.05, 4.69) is 5.10 Å². The monoisotopic (exact) mass is 442 g/mol. The van der Waals surface area contributed by atoms with Gasteiger partial charge in [0, 0.05) is 25.5 Å². The van der Waals surface area contributed by atoms with E-state index >= 15 is 0 Å². The van der Waals surface area contributed by atoms with Crippen molar-refractivity contribution in [3.8, 4) is 0 Å². The summed E-state index contributed by atoms with van der Waals surface area (Å²) in [6.45, 7) is 1.59. The van der Waals surface area contributed by atoms with Crippen molar-refractivity contribution in [2.24, 2.45) is 5.10 Å². The topological polar surface area (TPSA) is 76.0 Å². The average molecular weight is 443 g/mol. The maximum Gasteiger partial charge on any atom is 0.342 e. The van der Waals surface area contributed by atoms with Crippen LogP contribution in [0.5, 0.6) is 0 Å². The van der Waals surface area contributed by atoms with Crippen molar-refractivity contribution in [2.75, 3.05) is 5.75 Å². The molecule has 0 aliphatic carbocycles. The Bertz CT molecular complexity index is 919. The molecule has 1 aliphatic rings. The number of hydrazone groups is 1. The van der Waals surface area contributed by atoms with Crippen molar-refractivity contribution in [1.29, 1.82) is 0 Å². The molecule has 0 aromatic heterocycles. The Morgan fingerprint density at radius 1 is 1.03 bits per heavy atom. The zero-order chi connectivity index (χ0) is 21.3. The molecule has 1 aliphatic heterocycles. The minimum atomic E-state index is -0.859. The highest BCUT2D eigenvalue weighted by Gasteiger charge is 2.38. The van der Waals surface area contributed by atoms with Crippen LogP contribution in [0.25, 0.3) is 0 Å². The number of thioether (sulfide) groups is 2. The lowest BCUT2D eigenvalue weighted by atomic mass is 10.2. The summed E-state index contributed by atoms with van der Waals surface area (Å²) in [6.07, 6.45) is 0.648. The van der Waals surface area contributed by atoms with Crippen LogP contribution in [-0.4, -0.2) is 38.2 Å². The van der Waals surface area contributed by atoms with E-state index in [0.717, 1.165) is 22.9 Å². The molecule has 2 aromatic rings. The van der Waals surface area contributed by atoms with Gasteiger partial charge in [0.1, 0.15) is 11.7 Å². The number of esters is 1. The fraction of sp³-hybridized carbons (Fsp3) is 0.273. The molecule has 1 heterocycles. The Balaban J connectivity index is 1.67. The van der Waals surface area contributed by atoms with Crippen LogP contribution >= 0.6 is 23.5 Å². The van der Waals surface area contributed by atoms with Gasteiger partial charge in [-0.25, -0.2) is 9.80 Å². The molecule has 0 N–H and O–H groups in total. The zero-order valence-electron chi connectivity index (χ0n) is 16.5. The lowest BCUT2D eigenvalue weighted by molar-refractivity contribution is -0.151. The Kier molecular flexibility index (Phi) is 8.10. The van der Waals surface area contributed by atoms with Gasteiger partial charge in [-0.2, -0.15) is 5.10 Å². The number of carbonyl (C=O) groups excluding carboxylic acids is 3. The van der Waals surface area contributed by atoms with Gasteiger partial charge in [-0.05, 0) is 11.1 Å². The fourth-order valence-electron chi connectivity index (χ4n) is 2.75. The van der Waals surface area contributed by atoms with Crippen LogP contribution in [0.3, 0.4) is 0 Å². The number of ether oxygens (including phenoxy) is 1. The van der Waals surface area contributed by atoms with E-state index in [1.165, 1.54) is 23.7 Å². The normalized spacial score (nSPS) is 15.6. The van der Waals surface area contributed by atoms with Crippen LogP contribution in [-0.2, 0) is 32.1 Å². The molecule has 1 unspecified atom stereocenters. The molecule has 0 radical (unpaired) electrons. The molecule has 1 amide bonds. The third-order valence-corrected chi connectivity index (χ3v) is 6.12. The molecule has 156 valence electrons. The van der Waals surface area contributed by atoms with Crippen molar-refractivity contribution in [3.63, 3.8) is 0 Å². The number of hydrogen-bond donors (Lipinski definition) is 0. The predicted octanol–water partition coefficient (Wildman–Crippen LogP) is 3.86. The van der Waals surface area contributed by atoms with Crippen molar-refractivity contribution in [1.82, 2.24) is 5.01 Å². The molecule has 8 heteroatoms. The highest BCUT2D eigenvalue weighted by Crippen LogP contribution is 2.30. The van der Waals surface area contributed by atoms with E-state index in [1.54, 1.807) is 0 Å². The first-order valence-corrected chi connectivity index (χ1v) is 11.3. The molecule has 0 fully saturated rings. The lowest BCUT2D eigenvalue weighted by Crippen LogP contribution is -2.38. The van der Waals surface area contributed by atoms with Gasteiger partial charge in [-0.15, -0.1) is 0 Å². The molecule has 0 spiro atoms. The van der Waals surface area contributed by atoms with Gasteiger partial charge in [-0.1, -0.05) is 84.2 Å². The second kappa shape index (κ2) is 11.0. The number of hydrogen-bond acceptors (Lipinski definition) is 7. The standard InChI is InChI=1S/C22H22N2O4S2/c1-16(25)29-13-12-20(26)24-21(22(27)28-15-18-10-6-3-7-11-18)30-19(23-24)14-17-8-4-2-5-9-17/h2-11,21H,12-15H2,1H3. The van der Waals surface area contributed by atoms with Crippen LogP contribution in [0.1, 0.15) is 24.5 Å².